The van der Waals surface area contributed by atoms with Crippen LogP contribution in [0.15, 0.2) is 47.4 Å². The average molecular weight is 381 g/mol. The summed E-state index contributed by atoms with van der Waals surface area (Å²) in [5.74, 6) is 0.0383. The minimum absolute atomic E-state index is 0.183. The second-order valence-electron chi connectivity index (χ2n) is 6.84. The highest BCUT2D eigenvalue weighted by Crippen LogP contribution is 2.41. The zero-order valence-corrected chi connectivity index (χ0v) is 17.0. The Hall–Kier alpha value is -2.53. The molecule has 27 heavy (non-hydrogen) atoms. The van der Waals surface area contributed by atoms with E-state index in [4.69, 9.17) is 4.74 Å². The van der Waals surface area contributed by atoms with E-state index in [0.29, 0.717) is 21.9 Å². The van der Waals surface area contributed by atoms with Crippen LogP contribution in [0.25, 0.3) is 5.57 Å². The van der Waals surface area contributed by atoms with Crippen LogP contribution < -0.4 is 9.64 Å². The molecule has 0 saturated heterocycles. The minimum Gasteiger partial charge on any atom is -0.497 e. The van der Waals surface area contributed by atoms with Crippen molar-refractivity contribution < 1.29 is 14.3 Å². The Labute approximate surface area is 164 Å². The number of benzene rings is 2. The molecule has 140 valence electrons. The molecule has 0 spiro atoms. The second kappa shape index (κ2) is 7.61. The van der Waals surface area contributed by atoms with Gasteiger partial charge in [0.05, 0.1) is 23.3 Å². The molecule has 2 amide bonds. The number of methoxy groups -OCH3 is 1. The molecule has 4 nitrogen and oxygen atoms in total. The lowest BCUT2D eigenvalue weighted by Gasteiger charge is -2.16. The van der Waals surface area contributed by atoms with Crippen LogP contribution in [0.4, 0.5) is 5.69 Å². The number of rotatable bonds is 5. The van der Waals surface area contributed by atoms with E-state index in [2.05, 4.69) is 0 Å². The number of ether oxygens (including phenoxy) is 1. The first-order valence-corrected chi connectivity index (χ1v) is 9.73. The maximum atomic E-state index is 13.3. The number of hydrogen-bond donors (Lipinski definition) is 0. The molecule has 0 bridgehead atoms. The third kappa shape index (κ3) is 3.65. The summed E-state index contributed by atoms with van der Waals surface area (Å²) in [6.07, 6.45) is 0. The van der Waals surface area contributed by atoms with Gasteiger partial charge in [0.15, 0.2) is 0 Å². The smallest absolute Gasteiger partial charge is 0.272 e. The number of anilines is 1. The number of carbonyl (C=O) groups excluding carboxylic acids is 2. The van der Waals surface area contributed by atoms with Crippen LogP contribution in [0, 0.1) is 13.8 Å². The summed E-state index contributed by atoms with van der Waals surface area (Å²) in [6.45, 7) is 8.02. The zero-order valence-electron chi connectivity index (χ0n) is 16.2. The summed E-state index contributed by atoms with van der Waals surface area (Å²) in [5.41, 5.74) is 3.93. The van der Waals surface area contributed by atoms with E-state index in [1.54, 1.807) is 31.4 Å². The van der Waals surface area contributed by atoms with Gasteiger partial charge in [0.1, 0.15) is 5.75 Å². The summed E-state index contributed by atoms with van der Waals surface area (Å²) in [6, 6.07) is 13.0. The molecule has 1 aliphatic rings. The first kappa shape index (κ1) is 19.2. The van der Waals surface area contributed by atoms with E-state index in [1.165, 1.54) is 16.7 Å². The van der Waals surface area contributed by atoms with Crippen LogP contribution >= 0.6 is 11.8 Å². The average Bonchev–Trinajstić information content (AvgIpc) is 2.85. The highest BCUT2D eigenvalue weighted by atomic mass is 32.2. The molecule has 0 aliphatic carbocycles. The van der Waals surface area contributed by atoms with Crippen molar-refractivity contribution in [3.8, 4) is 5.75 Å². The maximum absolute atomic E-state index is 13.3. The fraction of sp³-hybridized carbons (Fsp3) is 0.273. The van der Waals surface area contributed by atoms with Crippen LogP contribution in [0.3, 0.4) is 0 Å². The van der Waals surface area contributed by atoms with E-state index in [-0.39, 0.29) is 17.1 Å². The zero-order chi connectivity index (χ0) is 19.7. The van der Waals surface area contributed by atoms with Crippen molar-refractivity contribution in [1.29, 1.82) is 0 Å². The van der Waals surface area contributed by atoms with Gasteiger partial charge in [-0.05, 0) is 37.1 Å². The van der Waals surface area contributed by atoms with Crippen molar-refractivity contribution in [3.05, 3.63) is 64.1 Å². The van der Waals surface area contributed by atoms with Gasteiger partial charge in [0, 0.05) is 11.3 Å². The Balaban J connectivity index is 2.14. The first-order valence-electron chi connectivity index (χ1n) is 8.85. The molecule has 2 aromatic rings. The van der Waals surface area contributed by atoms with Gasteiger partial charge in [-0.1, -0.05) is 43.7 Å². The maximum Gasteiger partial charge on any atom is 0.272 e. The molecule has 1 heterocycles. The van der Waals surface area contributed by atoms with Crippen molar-refractivity contribution in [3.63, 3.8) is 0 Å². The fourth-order valence-electron chi connectivity index (χ4n) is 3.17. The van der Waals surface area contributed by atoms with E-state index >= 15 is 0 Å². The third-order valence-corrected chi connectivity index (χ3v) is 5.44. The van der Waals surface area contributed by atoms with Gasteiger partial charge in [0.2, 0.25) is 0 Å². The van der Waals surface area contributed by atoms with Crippen molar-refractivity contribution in [1.82, 2.24) is 0 Å². The van der Waals surface area contributed by atoms with Crippen LogP contribution in [-0.2, 0) is 9.59 Å². The van der Waals surface area contributed by atoms with E-state index in [0.717, 1.165) is 16.7 Å². The highest BCUT2D eigenvalue weighted by molar-refractivity contribution is 8.04. The Morgan fingerprint density at radius 3 is 2.37 bits per heavy atom. The molecular weight excluding hydrogens is 358 g/mol. The van der Waals surface area contributed by atoms with Crippen molar-refractivity contribution in [2.75, 3.05) is 12.0 Å². The molecule has 0 N–H and O–H groups in total. The molecule has 0 fully saturated rings. The highest BCUT2D eigenvalue weighted by Gasteiger charge is 2.41. The predicted molar refractivity (Wildman–Crippen MR) is 111 cm³/mol. The lowest BCUT2D eigenvalue weighted by atomic mass is 9.99. The van der Waals surface area contributed by atoms with Gasteiger partial charge in [0.25, 0.3) is 11.8 Å². The van der Waals surface area contributed by atoms with Crippen LogP contribution in [0.5, 0.6) is 5.75 Å². The fourth-order valence-corrected chi connectivity index (χ4v) is 4.15. The van der Waals surface area contributed by atoms with Gasteiger partial charge in [-0.2, -0.15) is 0 Å². The number of thioether (sulfide) groups is 1. The minimum atomic E-state index is -0.289. The van der Waals surface area contributed by atoms with E-state index < -0.39 is 0 Å². The molecule has 1 aliphatic heterocycles. The second-order valence-corrected chi connectivity index (χ2v) is 8.42. The summed E-state index contributed by atoms with van der Waals surface area (Å²) in [5, 5.41) is 0.183. The molecular formula is C22H23NO3S. The Bertz CT molecular complexity index is 946. The van der Waals surface area contributed by atoms with Crippen molar-refractivity contribution >= 4 is 34.8 Å². The summed E-state index contributed by atoms with van der Waals surface area (Å²) in [4.78, 5) is 28.3. The molecule has 5 heteroatoms. The van der Waals surface area contributed by atoms with Crippen LogP contribution in [0.2, 0.25) is 0 Å². The largest absolute Gasteiger partial charge is 0.497 e. The molecule has 0 aromatic heterocycles. The molecule has 0 saturated carbocycles. The molecule has 0 radical (unpaired) electrons. The number of nitrogens with zero attached hydrogens (tertiary/aromatic N) is 1. The summed E-state index contributed by atoms with van der Waals surface area (Å²) < 4.78 is 5.25. The Morgan fingerprint density at radius 2 is 1.74 bits per heavy atom. The quantitative estimate of drug-likeness (QED) is 0.702. The van der Waals surface area contributed by atoms with Crippen molar-refractivity contribution in [2.24, 2.45) is 0 Å². The predicted octanol–water partition coefficient (Wildman–Crippen LogP) is 4.74. The van der Waals surface area contributed by atoms with Crippen LogP contribution in [0.1, 0.15) is 30.5 Å². The Kier molecular flexibility index (Phi) is 5.42. The summed E-state index contributed by atoms with van der Waals surface area (Å²) in [7, 11) is 1.56. The third-order valence-electron chi connectivity index (χ3n) is 4.36. The topological polar surface area (TPSA) is 46.6 Å². The van der Waals surface area contributed by atoms with Gasteiger partial charge in [-0.25, -0.2) is 4.90 Å². The molecule has 0 atom stereocenters. The Morgan fingerprint density at radius 1 is 1.00 bits per heavy atom. The van der Waals surface area contributed by atoms with Gasteiger partial charge >= 0.3 is 0 Å². The molecule has 0 unspecified atom stereocenters. The molecule has 3 rings (SSSR count). The lowest BCUT2D eigenvalue weighted by molar-refractivity contribution is -0.119. The number of hydrogen-bond acceptors (Lipinski definition) is 4. The van der Waals surface area contributed by atoms with Crippen molar-refractivity contribution in [2.45, 2.75) is 32.9 Å². The number of imide groups is 1. The van der Waals surface area contributed by atoms with E-state index in [9.17, 15) is 9.59 Å². The number of aryl methyl sites for hydroxylation is 2. The summed E-state index contributed by atoms with van der Waals surface area (Å²) >= 11 is 1.43. The van der Waals surface area contributed by atoms with Gasteiger partial charge in [-0.3, -0.25) is 9.59 Å². The lowest BCUT2D eigenvalue weighted by Crippen LogP contribution is -2.31. The van der Waals surface area contributed by atoms with Crippen LogP contribution in [-0.4, -0.2) is 24.2 Å². The SMILES string of the molecule is COc1cccc(N2C(=O)C(SC(C)C)=C(c3ccc(C)cc3C)C2=O)c1. The molecule has 2 aromatic carbocycles. The number of amides is 2. The normalized spacial score (nSPS) is 14.5. The first-order chi connectivity index (χ1) is 12.8. The van der Waals surface area contributed by atoms with Gasteiger partial charge < -0.3 is 4.74 Å². The van der Waals surface area contributed by atoms with E-state index in [1.807, 2.05) is 45.9 Å². The standard InChI is InChI=1S/C22H23NO3S/c1-13(2)27-20-19(18-10-9-14(3)11-15(18)4)21(24)23(22(20)25)16-7-6-8-17(12-16)26-5/h6-13H,1-5H3. The monoisotopic (exact) mass is 381 g/mol. The number of carbonyl (C=O) groups is 2. The van der Waals surface area contributed by atoms with Gasteiger partial charge in [-0.15, -0.1) is 11.8 Å².